The molecule has 2 N–H and O–H groups in total. The van der Waals surface area contributed by atoms with Gasteiger partial charge >= 0.3 is 0 Å². The van der Waals surface area contributed by atoms with Crippen molar-refractivity contribution in [2.45, 2.75) is 38.7 Å². The van der Waals surface area contributed by atoms with Crippen molar-refractivity contribution in [3.05, 3.63) is 41.3 Å². The highest BCUT2D eigenvalue weighted by atomic mass is 16.6. The number of hydrogen-bond acceptors (Lipinski definition) is 5. The zero-order chi connectivity index (χ0) is 20.1. The fraction of sp³-hybridized carbons (Fsp3) is 0.381. The SMILES string of the molecule is CCCCCC1OC(=C=O)C(C(=O)NOC)=C1c1cc2c(OC)cccc2[nH]1. The third-order valence-electron chi connectivity index (χ3n) is 4.80. The number of unbranched alkanes of at least 4 members (excludes halogenated alkanes) is 2. The van der Waals surface area contributed by atoms with Crippen LogP contribution in [0.5, 0.6) is 5.75 Å². The molecule has 1 amide bonds. The van der Waals surface area contributed by atoms with Gasteiger partial charge in [-0.15, -0.1) is 0 Å². The number of aromatic amines is 1. The zero-order valence-corrected chi connectivity index (χ0v) is 16.3. The van der Waals surface area contributed by atoms with Gasteiger partial charge in [-0.1, -0.05) is 25.8 Å². The van der Waals surface area contributed by atoms with Crippen LogP contribution >= 0.6 is 0 Å². The summed E-state index contributed by atoms with van der Waals surface area (Å²) in [6.45, 7) is 2.12. The minimum absolute atomic E-state index is 0.100. The molecule has 0 spiro atoms. The van der Waals surface area contributed by atoms with Gasteiger partial charge in [-0.2, -0.15) is 0 Å². The lowest BCUT2D eigenvalue weighted by molar-refractivity contribution is -0.127. The van der Waals surface area contributed by atoms with Crippen LogP contribution in [0.4, 0.5) is 0 Å². The third-order valence-corrected chi connectivity index (χ3v) is 4.80. The first-order valence-corrected chi connectivity index (χ1v) is 9.30. The molecule has 0 bridgehead atoms. The smallest absolute Gasteiger partial charge is 0.279 e. The van der Waals surface area contributed by atoms with Gasteiger partial charge in [-0.25, -0.2) is 10.3 Å². The minimum Gasteiger partial charge on any atom is -0.496 e. The molecule has 1 aromatic heterocycles. The van der Waals surface area contributed by atoms with Crippen LogP contribution < -0.4 is 10.2 Å². The first kappa shape index (κ1) is 19.7. The maximum Gasteiger partial charge on any atom is 0.279 e. The Balaban J connectivity index is 2.14. The number of carbonyl (C=O) groups is 1. The van der Waals surface area contributed by atoms with Crippen LogP contribution in [0.2, 0.25) is 0 Å². The van der Waals surface area contributed by atoms with E-state index in [1.165, 1.54) is 7.11 Å². The summed E-state index contributed by atoms with van der Waals surface area (Å²) in [4.78, 5) is 32.2. The Bertz CT molecular complexity index is 953. The van der Waals surface area contributed by atoms with Gasteiger partial charge in [0.15, 0.2) is 5.94 Å². The molecule has 0 radical (unpaired) electrons. The molecule has 1 unspecified atom stereocenters. The first-order valence-electron chi connectivity index (χ1n) is 9.30. The lowest BCUT2D eigenvalue weighted by atomic mass is 9.97. The standard InChI is InChI=1S/C21H24N2O5/c1-4-5-6-9-17-19(20(18(12-24)28-17)21(25)23-27-3)15-11-13-14(22-15)8-7-10-16(13)26-2/h7-8,10-11,17,22H,4-6,9H2,1-3H3,(H,23,25). The number of fused-ring (bicyclic) bond motifs is 1. The number of H-pyrrole nitrogens is 1. The number of ether oxygens (including phenoxy) is 2. The van der Waals surface area contributed by atoms with Crippen molar-refractivity contribution in [3.63, 3.8) is 0 Å². The van der Waals surface area contributed by atoms with Gasteiger partial charge in [0.2, 0.25) is 5.76 Å². The Hall–Kier alpha value is -3.02. The van der Waals surface area contributed by atoms with Crippen molar-refractivity contribution >= 4 is 28.3 Å². The van der Waals surface area contributed by atoms with E-state index in [4.69, 9.17) is 14.3 Å². The summed E-state index contributed by atoms with van der Waals surface area (Å²) in [6, 6.07) is 7.59. The van der Waals surface area contributed by atoms with E-state index in [1.807, 2.05) is 24.3 Å². The normalized spacial score (nSPS) is 16.2. The van der Waals surface area contributed by atoms with E-state index in [9.17, 15) is 9.59 Å². The van der Waals surface area contributed by atoms with E-state index in [-0.39, 0.29) is 11.3 Å². The summed E-state index contributed by atoms with van der Waals surface area (Å²) in [5, 5.41) is 0.884. The molecule has 1 aliphatic heterocycles. The number of rotatable bonds is 8. The molecule has 0 fully saturated rings. The van der Waals surface area contributed by atoms with Gasteiger partial charge in [0, 0.05) is 22.2 Å². The average Bonchev–Trinajstić information content (AvgIpc) is 3.29. The van der Waals surface area contributed by atoms with Gasteiger partial charge in [0.1, 0.15) is 17.4 Å². The van der Waals surface area contributed by atoms with Crippen molar-refractivity contribution in [2.75, 3.05) is 14.2 Å². The van der Waals surface area contributed by atoms with Crippen LogP contribution in [0.15, 0.2) is 35.6 Å². The second-order valence-electron chi connectivity index (χ2n) is 6.56. The number of carbonyl (C=O) groups excluding carboxylic acids is 2. The fourth-order valence-electron chi connectivity index (χ4n) is 3.53. The molecule has 1 aromatic carbocycles. The van der Waals surface area contributed by atoms with Gasteiger partial charge in [-0.3, -0.25) is 9.63 Å². The fourth-order valence-corrected chi connectivity index (χ4v) is 3.53. The average molecular weight is 384 g/mol. The first-order chi connectivity index (χ1) is 13.6. The molecule has 0 saturated heterocycles. The number of nitrogens with one attached hydrogen (secondary N) is 2. The quantitative estimate of drug-likeness (QED) is 0.414. The summed E-state index contributed by atoms with van der Waals surface area (Å²) in [7, 11) is 2.95. The molecule has 28 heavy (non-hydrogen) atoms. The van der Waals surface area contributed by atoms with Crippen molar-refractivity contribution in [2.24, 2.45) is 0 Å². The van der Waals surface area contributed by atoms with Crippen LogP contribution in [-0.2, 0) is 19.2 Å². The molecule has 0 aliphatic carbocycles. The van der Waals surface area contributed by atoms with E-state index in [2.05, 4.69) is 17.4 Å². The number of hydroxylamine groups is 1. The Kier molecular flexibility index (Phi) is 6.19. The number of benzene rings is 1. The van der Waals surface area contributed by atoms with Crippen molar-refractivity contribution < 1.29 is 23.9 Å². The highest BCUT2D eigenvalue weighted by Gasteiger charge is 2.37. The number of methoxy groups -OCH3 is 1. The molecular formula is C21H24N2O5. The second-order valence-corrected chi connectivity index (χ2v) is 6.56. The van der Waals surface area contributed by atoms with Gasteiger partial charge in [0.05, 0.1) is 14.2 Å². The Morgan fingerprint density at radius 1 is 1.32 bits per heavy atom. The van der Waals surface area contributed by atoms with E-state index < -0.39 is 12.0 Å². The summed E-state index contributed by atoms with van der Waals surface area (Å²) in [5.41, 5.74) is 4.62. The molecule has 0 saturated carbocycles. The summed E-state index contributed by atoms with van der Waals surface area (Å²) in [6.07, 6.45) is 3.28. The minimum atomic E-state index is -0.542. The van der Waals surface area contributed by atoms with E-state index in [0.29, 0.717) is 17.7 Å². The molecular weight excluding hydrogens is 360 g/mol. The molecule has 3 rings (SSSR count). The molecule has 7 heteroatoms. The van der Waals surface area contributed by atoms with Crippen LogP contribution in [0.25, 0.3) is 16.5 Å². The lowest BCUT2D eigenvalue weighted by Gasteiger charge is -2.13. The molecule has 2 aromatic rings. The second kappa shape index (κ2) is 8.78. The van der Waals surface area contributed by atoms with Crippen LogP contribution in [0.3, 0.4) is 0 Å². The Labute approximate surface area is 163 Å². The summed E-state index contributed by atoms with van der Waals surface area (Å²) in [5.74, 6) is 1.84. The van der Waals surface area contributed by atoms with Gasteiger partial charge < -0.3 is 14.5 Å². The summed E-state index contributed by atoms with van der Waals surface area (Å²) >= 11 is 0. The largest absolute Gasteiger partial charge is 0.496 e. The topological polar surface area (TPSA) is 89.7 Å². The van der Waals surface area contributed by atoms with E-state index in [0.717, 1.165) is 35.9 Å². The van der Waals surface area contributed by atoms with E-state index in [1.54, 1.807) is 13.1 Å². The number of hydrogen-bond donors (Lipinski definition) is 2. The highest BCUT2D eigenvalue weighted by Crippen LogP contribution is 2.40. The zero-order valence-electron chi connectivity index (χ0n) is 16.3. The highest BCUT2D eigenvalue weighted by molar-refractivity contribution is 6.08. The predicted molar refractivity (Wildman–Crippen MR) is 105 cm³/mol. The van der Waals surface area contributed by atoms with E-state index >= 15 is 0 Å². The molecule has 2 heterocycles. The number of aromatic nitrogens is 1. The van der Waals surface area contributed by atoms with Crippen molar-refractivity contribution in [1.82, 2.24) is 10.5 Å². The molecule has 1 aliphatic rings. The van der Waals surface area contributed by atoms with Crippen molar-refractivity contribution in [1.29, 1.82) is 0 Å². The molecule has 148 valence electrons. The maximum absolute atomic E-state index is 12.6. The monoisotopic (exact) mass is 384 g/mol. The lowest BCUT2D eigenvalue weighted by Crippen LogP contribution is -2.24. The van der Waals surface area contributed by atoms with Crippen LogP contribution in [0.1, 0.15) is 38.3 Å². The van der Waals surface area contributed by atoms with Crippen LogP contribution in [0, 0.1) is 0 Å². The van der Waals surface area contributed by atoms with Crippen molar-refractivity contribution in [3.8, 4) is 5.75 Å². The van der Waals surface area contributed by atoms with Gasteiger partial charge in [-0.05, 0) is 31.0 Å². The predicted octanol–water partition coefficient (Wildman–Crippen LogP) is 3.30. The Morgan fingerprint density at radius 2 is 2.14 bits per heavy atom. The third kappa shape index (κ3) is 3.67. The molecule has 1 atom stereocenters. The van der Waals surface area contributed by atoms with Gasteiger partial charge in [0.25, 0.3) is 5.91 Å². The Morgan fingerprint density at radius 3 is 2.82 bits per heavy atom. The summed E-state index contributed by atoms with van der Waals surface area (Å²) < 4.78 is 11.2. The number of amides is 1. The molecule has 7 nitrogen and oxygen atoms in total. The van der Waals surface area contributed by atoms with Crippen LogP contribution in [-0.4, -0.2) is 37.2 Å². The maximum atomic E-state index is 12.6.